The van der Waals surface area contributed by atoms with E-state index in [1.807, 2.05) is 0 Å². The van der Waals surface area contributed by atoms with Crippen LogP contribution in [0.1, 0.15) is 0 Å². The van der Waals surface area contributed by atoms with Gasteiger partial charge in [-0.05, 0) is 28.5 Å². The first-order valence-electron chi connectivity index (χ1n) is 3.72. The molecule has 0 spiro atoms. The molecule has 0 unspecified atom stereocenters. The SMILES string of the molecule is Nc1nonc1-c1ccc(Cl)cc1Cl. The number of anilines is 1. The second kappa shape index (κ2) is 3.48. The highest BCUT2D eigenvalue weighted by atomic mass is 35.5. The van der Waals surface area contributed by atoms with Crippen LogP contribution in [0.3, 0.4) is 0 Å². The van der Waals surface area contributed by atoms with E-state index in [1.54, 1.807) is 18.2 Å². The van der Waals surface area contributed by atoms with Gasteiger partial charge in [-0.25, -0.2) is 4.63 Å². The maximum atomic E-state index is 5.94. The Bertz CT molecular complexity index is 469. The lowest BCUT2D eigenvalue weighted by Crippen LogP contribution is -1.89. The van der Waals surface area contributed by atoms with Gasteiger partial charge in [0.1, 0.15) is 0 Å². The minimum atomic E-state index is 0.203. The Kier molecular flexibility index (Phi) is 2.31. The molecule has 2 aromatic rings. The third-order valence-corrected chi connectivity index (χ3v) is 2.25. The van der Waals surface area contributed by atoms with Crippen molar-refractivity contribution in [1.82, 2.24) is 10.3 Å². The van der Waals surface area contributed by atoms with Crippen LogP contribution in [-0.4, -0.2) is 10.3 Å². The summed E-state index contributed by atoms with van der Waals surface area (Å²) in [6.45, 7) is 0. The number of hydrogen-bond acceptors (Lipinski definition) is 4. The van der Waals surface area contributed by atoms with Crippen molar-refractivity contribution in [2.45, 2.75) is 0 Å². The van der Waals surface area contributed by atoms with Gasteiger partial charge in [0.25, 0.3) is 0 Å². The summed E-state index contributed by atoms with van der Waals surface area (Å²) in [5, 5.41) is 8.10. The van der Waals surface area contributed by atoms with Crippen LogP contribution in [-0.2, 0) is 0 Å². The van der Waals surface area contributed by atoms with Crippen molar-refractivity contribution >= 4 is 29.0 Å². The molecule has 0 amide bonds. The summed E-state index contributed by atoms with van der Waals surface area (Å²) >= 11 is 11.7. The molecule has 0 saturated heterocycles. The lowest BCUT2D eigenvalue weighted by Gasteiger charge is -1.99. The van der Waals surface area contributed by atoms with Crippen LogP contribution in [0.25, 0.3) is 11.3 Å². The number of nitrogens with zero attached hydrogens (tertiary/aromatic N) is 2. The number of hydrogen-bond donors (Lipinski definition) is 1. The number of nitrogens with two attached hydrogens (primary N) is 1. The van der Waals surface area contributed by atoms with Crippen LogP contribution in [0.2, 0.25) is 10.0 Å². The van der Waals surface area contributed by atoms with Crippen molar-refractivity contribution in [3.63, 3.8) is 0 Å². The second-order valence-electron chi connectivity index (χ2n) is 2.62. The topological polar surface area (TPSA) is 64.9 Å². The van der Waals surface area contributed by atoms with Crippen molar-refractivity contribution in [3.8, 4) is 11.3 Å². The summed E-state index contributed by atoms with van der Waals surface area (Å²) in [5.74, 6) is 0.203. The van der Waals surface area contributed by atoms with Gasteiger partial charge in [-0.2, -0.15) is 0 Å². The van der Waals surface area contributed by atoms with Gasteiger partial charge in [-0.1, -0.05) is 23.2 Å². The van der Waals surface area contributed by atoms with Gasteiger partial charge in [0.2, 0.25) is 0 Å². The molecule has 0 fully saturated rings. The molecule has 0 atom stereocenters. The molecule has 0 radical (unpaired) electrons. The predicted molar refractivity (Wildman–Crippen MR) is 54.2 cm³/mol. The minimum absolute atomic E-state index is 0.203. The summed E-state index contributed by atoms with van der Waals surface area (Å²) in [6, 6.07) is 5.00. The van der Waals surface area contributed by atoms with Crippen LogP contribution < -0.4 is 5.73 Å². The zero-order chi connectivity index (χ0) is 10.1. The molecule has 2 rings (SSSR count). The van der Waals surface area contributed by atoms with Gasteiger partial charge in [0.05, 0.1) is 5.02 Å². The summed E-state index contributed by atoms with van der Waals surface area (Å²) in [5.41, 5.74) is 6.59. The highest BCUT2D eigenvalue weighted by molar-refractivity contribution is 6.36. The molecule has 1 aromatic heterocycles. The minimum Gasteiger partial charge on any atom is -0.379 e. The molecule has 6 heteroatoms. The number of rotatable bonds is 1. The molecule has 0 aliphatic rings. The van der Waals surface area contributed by atoms with Crippen LogP contribution in [0.4, 0.5) is 5.82 Å². The fourth-order valence-corrected chi connectivity index (χ4v) is 1.56. The zero-order valence-electron chi connectivity index (χ0n) is 6.87. The Labute approximate surface area is 89.6 Å². The van der Waals surface area contributed by atoms with E-state index in [1.165, 1.54) is 0 Å². The third kappa shape index (κ3) is 1.54. The molecular weight excluding hydrogens is 225 g/mol. The van der Waals surface area contributed by atoms with Crippen molar-refractivity contribution in [3.05, 3.63) is 28.2 Å². The number of benzene rings is 1. The molecule has 72 valence electrons. The van der Waals surface area contributed by atoms with E-state index >= 15 is 0 Å². The molecule has 0 aliphatic carbocycles. The van der Waals surface area contributed by atoms with Crippen molar-refractivity contribution in [2.75, 3.05) is 5.73 Å². The maximum absolute atomic E-state index is 5.94. The highest BCUT2D eigenvalue weighted by Crippen LogP contribution is 2.31. The van der Waals surface area contributed by atoms with Crippen LogP contribution >= 0.6 is 23.2 Å². The quantitative estimate of drug-likeness (QED) is 0.817. The van der Waals surface area contributed by atoms with Gasteiger partial charge in [-0.3, -0.25) is 0 Å². The second-order valence-corrected chi connectivity index (χ2v) is 3.47. The van der Waals surface area contributed by atoms with E-state index in [-0.39, 0.29) is 5.82 Å². The molecule has 1 aromatic carbocycles. The maximum Gasteiger partial charge on any atom is 0.196 e. The first-order chi connectivity index (χ1) is 6.68. The Balaban J connectivity index is 2.58. The Morgan fingerprint density at radius 3 is 2.57 bits per heavy atom. The number of halogens is 2. The van der Waals surface area contributed by atoms with Crippen molar-refractivity contribution < 1.29 is 4.63 Å². The van der Waals surface area contributed by atoms with Crippen LogP contribution in [0, 0.1) is 0 Å². The summed E-state index contributed by atoms with van der Waals surface area (Å²) in [4.78, 5) is 0. The van der Waals surface area contributed by atoms with E-state index in [9.17, 15) is 0 Å². The number of aromatic nitrogens is 2. The standard InChI is InChI=1S/C8H5Cl2N3O/c9-4-1-2-5(6(10)3-4)7-8(11)13-14-12-7/h1-3H,(H2,11,13). The lowest BCUT2D eigenvalue weighted by atomic mass is 10.1. The Morgan fingerprint density at radius 2 is 2.00 bits per heavy atom. The molecule has 0 aliphatic heterocycles. The molecular formula is C8H5Cl2N3O. The largest absolute Gasteiger partial charge is 0.379 e. The summed E-state index contributed by atoms with van der Waals surface area (Å²) in [7, 11) is 0. The molecule has 0 bridgehead atoms. The van der Waals surface area contributed by atoms with Crippen LogP contribution in [0.15, 0.2) is 22.8 Å². The zero-order valence-corrected chi connectivity index (χ0v) is 8.38. The lowest BCUT2D eigenvalue weighted by molar-refractivity contribution is 0.310. The van der Waals surface area contributed by atoms with E-state index in [0.717, 1.165) is 0 Å². The fourth-order valence-electron chi connectivity index (χ4n) is 1.06. The molecule has 0 saturated carbocycles. The molecule has 1 heterocycles. The molecule has 14 heavy (non-hydrogen) atoms. The smallest absolute Gasteiger partial charge is 0.196 e. The summed E-state index contributed by atoms with van der Waals surface area (Å²) in [6.07, 6.45) is 0. The third-order valence-electron chi connectivity index (χ3n) is 1.70. The molecule has 2 N–H and O–H groups in total. The van der Waals surface area contributed by atoms with Gasteiger partial charge >= 0.3 is 0 Å². The predicted octanol–water partition coefficient (Wildman–Crippen LogP) is 2.63. The fraction of sp³-hybridized carbons (Fsp3) is 0. The average Bonchev–Trinajstić information content (AvgIpc) is 2.52. The Morgan fingerprint density at radius 1 is 1.21 bits per heavy atom. The number of nitrogen functional groups attached to an aromatic ring is 1. The van der Waals surface area contributed by atoms with E-state index in [2.05, 4.69) is 14.9 Å². The van der Waals surface area contributed by atoms with Gasteiger partial charge in [0, 0.05) is 10.6 Å². The van der Waals surface area contributed by atoms with E-state index < -0.39 is 0 Å². The van der Waals surface area contributed by atoms with Gasteiger partial charge in [0.15, 0.2) is 11.5 Å². The normalized spacial score (nSPS) is 10.4. The average molecular weight is 230 g/mol. The van der Waals surface area contributed by atoms with E-state index in [4.69, 9.17) is 28.9 Å². The first-order valence-corrected chi connectivity index (χ1v) is 4.47. The van der Waals surface area contributed by atoms with Gasteiger partial charge < -0.3 is 5.73 Å². The Hall–Kier alpha value is -1.26. The monoisotopic (exact) mass is 229 g/mol. The molecule has 4 nitrogen and oxygen atoms in total. The van der Waals surface area contributed by atoms with Crippen LogP contribution in [0.5, 0.6) is 0 Å². The van der Waals surface area contributed by atoms with Gasteiger partial charge in [-0.15, -0.1) is 0 Å². The first kappa shape index (κ1) is 9.30. The highest BCUT2D eigenvalue weighted by Gasteiger charge is 2.12. The van der Waals surface area contributed by atoms with E-state index in [0.29, 0.717) is 21.3 Å². The van der Waals surface area contributed by atoms with Crippen molar-refractivity contribution in [1.29, 1.82) is 0 Å². The van der Waals surface area contributed by atoms with Crippen molar-refractivity contribution in [2.24, 2.45) is 0 Å². The summed E-state index contributed by atoms with van der Waals surface area (Å²) < 4.78 is 4.47.